The number of benzene rings is 1. The normalized spacial score (nSPS) is 14.3. The van der Waals surface area contributed by atoms with Crippen molar-refractivity contribution in [2.45, 2.75) is 19.1 Å². The minimum Gasteiger partial charge on any atom is -0.392 e. The minimum absolute atomic E-state index is 0.222. The number of carbonyl (C=O) groups excluding carboxylic acids is 1. The number of hydrogen-bond acceptors (Lipinski definition) is 3. The fourth-order valence-electron chi connectivity index (χ4n) is 1.17. The smallest absolute Gasteiger partial charge is 0.241 e. The minimum atomic E-state index is -0.676. The molecule has 1 aromatic rings. The van der Waals surface area contributed by atoms with Crippen LogP contribution in [0.5, 0.6) is 0 Å². The Labute approximate surface area is 89.1 Å². The SMILES string of the molecule is C[C@H](O)CNC(=O)[C@H](N)c1ccccc1. The van der Waals surface area contributed by atoms with Crippen LogP contribution >= 0.6 is 0 Å². The van der Waals surface area contributed by atoms with Gasteiger partial charge in [0, 0.05) is 6.54 Å². The molecule has 0 saturated carbocycles. The van der Waals surface area contributed by atoms with Crippen LogP contribution in [0.2, 0.25) is 0 Å². The van der Waals surface area contributed by atoms with Gasteiger partial charge >= 0.3 is 0 Å². The lowest BCUT2D eigenvalue weighted by atomic mass is 10.1. The molecule has 4 N–H and O–H groups in total. The number of nitrogens with two attached hydrogens (primary N) is 1. The fourth-order valence-corrected chi connectivity index (χ4v) is 1.17. The molecule has 0 spiro atoms. The Kier molecular flexibility index (Phi) is 4.27. The van der Waals surface area contributed by atoms with Crippen molar-refractivity contribution in [2.24, 2.45) is 5.73 Å². The highest BCUT2D eigenvalue weighted by Crippen LogP contribution is 2.08. The molecule has 1 amide bonds. The van der Waals surface area contributed by atoms with E-state index in [-0.39, 0.29) is 12.5 Å². The van der Waals surface area contributed by atoms with Gasteiger partial charge in [0.25, 0.3) is 0 Å². The van der Waals surface area contributed by atoms with Gasteiger partial charge in [-0.05, 0) is 12.5 Å². The molecule has 4 heteroatoms. The molecule has 0 bridgehead atoms. The van der Waals surface area contributed by atoms with Crippen LogP contribution in [0.4, 0.5) is 0 Å². The summed E-state index contributed by atoms with van der Waals surface area (Å²) in [7, 11) is 0. The largest absolute Gasteiger partial charge is 0.392 e. The second-order valence-corrected chi connectivity index (χ2v) is 3.48. The van der Waals surface area contributed by atoms with Gasteiger partial charge in [0.15, 0.2) is 0 Å². The maximum absolute atomic E-state index is 11.5. The van der Waals surface area contributed by atoms with Gasteiger partial charge in [0.05, 0.1) is 6.10 Å². The second kappa shape index (κ2) is 5.48. The molecule has 82 valence electrons. The lowest BCUT2D eigenvalue weighted by molar-refractivity contribution is -0.122. The van der Waals surface area contributed by atoms with Gasteiger partial charge in [-0.3, -0.25) is 4.79 Å². The topological polar surface area (TPSA) is 75.3 Å². The third-order valence-corrected chi connectivity index (χ3v) is 2.01. The van der Waals surface area contributed by atoms with E-state index in [2.05, 4.69) is 5.32 Å². The molecule has 0 aliphatic rings. The standard InChI is InChI=1S/C11H16N2O2/c1-8(14)7-13-11(15)10(12)9-5-3-2-4-6-9/h2-6,8,10,14H,7,12H2,1H3,(H,13,15)/t8-,10+/m0/s1. The molecule has 1 rings (SSSR count). The predicted octanol–water partition coefficient (Wildman–Crippen LogP) is 0.183. The molecule has 0 radical (unpaired) electrons. The van der Waals surface area contributed by atoms with Crippen molar-refractivity contribution < 1.29 is 9.90 Å². The molecule has 0 fully saturated rings. The van der Waals surface area contributed by atoms with Crippen LogP contribution in [0.3, 0.4) is 0 Å². The van der Waals surface area contributed by atoms with Crippen molar-refractivity contribution in [3.63, 3.8) is 0 Å². The van der Waals surface area contributed by atoms with E-state index in [0.717, 1.165) is 5.56 Å². The van der Waals surface area contributed by atoms with Crippen molar-refractivity contribution in [1.82, 2.24) is 5.32 Å². The average Bonchev–Trinajstić information content (AvgIpc) is 2.26. The Balaban J connectivity index is 2.54. The summed E-state index contributed by atoms with van der Waals surface area (Å²) in [5.74, 6) is -0.276. The summed E-state index contributed by atoms with van der Waals surface area (Å²) in [6.07, 6.45) is -0.558. The van der Waals surface area contributed by atoms with Gasteiger partial charge in [-0.15, -0.1) is 0 Å². The van der Waals surface area contributed by atoms with E-state index in [1.54, 1.807) is 19.1 Å². The van der Waals surface area contributed by atoms with Crippen LogP contribution in [0, 0.1) is 0 Å². The third-order valence-electron chi connectivity index (χ3n) is 2.01. The van der Waals surface area contributed by atoms with E-state index >= 15 is 0 Å². The molecular weight excluding hydrogens is 192 g/mol. The van der Waals surface area contributed by atoms with E-state index in [1.807, 2.05) is 18.2 Å². The number of aliphatic hydroxyl groups is 1. The molecule has 1 aromatic carbocycles. The Bertz CT molecular complexity index is 312. The molecule has 0 heterocycles. The molecule has 4 nitrogen and oxygen atoms in total. The Morgan fingerprint density at radius 2 is 2.07 bits per heavy atom. The Morgan fingerprint density at radius 1 is 1.47 bits per heavy atom. The predicted molar refractivity (Wildman–Crippen MR) is 58.1 cm³/mol. The van der Waals surface area contributed by atoms with E-state index < -0.39 is 12.1 Å². The van der Waals surface area contributed by atoms with E-state index in [0.29, 0.717) is 0 Å². The van der Waals surface area contributed by atoms with Crippen LogP contribution in [0.25, 0.3) is 0 Å². The first-order valence-corrected chi connectivity index (χ1v) is 4.87. The van der Waals surface area contributed by atoms with Gasteiger partial charge in [0.1, 0.15) is 6.04 Å². The number of nitrogens with one attached hydrogen (secondary N) is 1. The molecule has 0 aromatic heterocycles. The first-order chi connectivity index (χ1) is 7.11. The summed E-state index contributed by atoms with van der Waals surface area (Å²) >= 11 is 0. The van der Waals surface area contributed by atoms with Crippen LogP contribution in [-0.2, 0) is 4.79 Å². The summed E-state index contributed by atoms with van der Waals surface area (Å²) in [6.45, 7) is 1.83. The maximum atomic E-state index is 11.5. The lowest BCUT2D eigenvalue weighted by Gasteiger charge is -2.13. The highest BCUT2D eigenvalue weighted by atomic mass is 16.3. The van der Waals surface area contributed by atoms with Gasteiger partial charge < -0.3 is 16.2 Å². The highest BCUT2D eigenvalue weighted by Gasteiger charge is 2.14. The van der Waals surface area contributed by atoms with Crippen molar-refractivity contribution in [3.05, 3.63) is 35.9 Å². The summed E-state index contributed by atoms with van der Waals surface area (Å²) in [4.78, 5) is 11.5. The summed E-state index contributed by atoms with van der Waals surface area (Å²) in [5.41, 5.74) is 6.50. The highest BCUT2D eigenvalue weighted by molar-refractivity contribution is 5.82. The maximum Gasteiger partial charge on any atom is 0.241 e. The fraction of sp³-hybridized carbons (Fsp3) is 0.364. The molecule has 15 heavy (non-hydrogen) atoms. The van der Waals surface area contributed by atoms with Crippen LogP contribution in [-0.4, -0.2) is 23.7 Å². The monoisotopic (exact) mass is 208 g/mol. The lowest BCUT2D eigenvalue weighted by Crippen LogP contribution is -2.37. The van der Waals surface area contributed by atoms with E-state index in [9.17, 15) is 4.79 Å². The van der Waals surface area contributed by atoms with Crippen molar-refractivity contribution in [2.75, 3.05) is 6.54 Å². The molecule has 2 atom stereocenters. The van der Waals surface area contributed by atoms with Crippen LogP contribution in [0.1, 0.15) is 18.5 Å². The quantitative estimate of drug-likeness (QED) is 0.661. The second-order valence-electron chi connectivity index (χ2n) is 3.48. The van der Waals surface area contributed by atoms with Gasteiger partial charge in [-0.25, -0.2) is 0 Å². The summed E-state index contributed by atoms with van der Waals surface area (Å²) < 4.78 is 0. The molecule has 0 saturated heterocycles. The zero-order valence-electron chi connectivity index (χ0n) is 8.68. The number of carbonyl (C=O) groups is 1. The first-order valence-electron chi connectivity index (χ1n) is 4.87. The number of rotatable bonds is 4. The van der Waals surface area contributed by atoms with Crippen LogP contribution in [0.15, 0.2) is 30.3 Å². The van der Waals surface area contributed by atoms with Gasteiger partial charge in [-0.1, -0.05) is 30.3 Å². The van der Waals surface area contributed by atoms with E-state index in [1.165, 1.54) is 0 Å². The van der Waals surface area contributed by atoms with Crippen molar-refractivity contribution >= 4 is 5.91 Å². The van der Waals surface area contributed by atoms with Gasteiger partial charge in [0.2, 0.25) is 5.91 Å². The Morgan fingerprint density at radius 3 is 2.60 bits per heavy atom. The number of amides is 1. The summed E-state index contributed by atoms with van der Waals surface area (Å²) in [5, 5.41) is 11.6. The van der Waals surface area contributed by atoms with Crippen molar-refractivity contribution in [3.8, 4) is 0 Å². The van der Waals surface area contributed by atoms with E-state index in [4.69, 9.17) is 10.8 Å². The third kappa shape index (κ3) is 3.69. The van der Waals surface area contributed by atoms with Crippen LogP contribution < -0.4 is 11.1 Å². The molecule has 0 unspecified atom stereocenters. The molecular formula is C11H16N2O2. The first kappa shape index (κ1) is 11.7. The van der Waals surface area contributed by atoms with Gasteiger partial charge in [-0.2, -0.15) is 0 Å². The number of hydrogen-bond donors (Lipinski definition) is 3. The number of aliphatic hydroxyl groups excluding tert-OH is 1. The summed E-state index contributed by atoms with van der Waals surface area (Å²) in [6, 6.07) is 8.45. The average molecular weight is 208 g/mol. The Hall–Kier alpha value is -1.39. The molecule has 0 aliphatic heterocycles. The molecule has 0 aliphatic carbocycles. The zero-order valence-corrected chi connectivity index (χ0v) is 8.68. The zero-order chi connectivity index (χ0) is 11.3. The van der Waals surface area contributed by atoms with Crippen molar-refractivity contribution in [1.29, 1.82) is 0 Å².